The van der Waals surface area contributed by atoms with Gasteiger partial charge < -0.3 is 4.42 Å². The van der Waals surface area contributed by atoms with Gasteiger partial charge in [-0.25, -0.2) is 4.98 Å². The zero-order chi connectivity index (χ0) is 13.1. The summed E-state index contributed by atoms with van der Waals surface area (Å²) in [5.41, 5.74) is 4.57. The van der Waals surface area contributed by atoms with Gasteiger partial charge in [0.15, 0.2) is 0 Å². The Balaban J connectivity index is 2.09. The van der Waals surface area contributed by atoms with E-state index >= 15 is 0 Å². The van der Waals surface area contributed by atoms with Crippen LogP contribution in [-0.4, -0.2) is 4.98 Å². The lowest BCUT2D eigenvalue weighted by Gasteiger charge is -2.07. The minimum Gasteiger partial charge on any atom is -0.445 e. The van der Waals surface area contributed by atoms with Gasteiger partial charge in [-0.3, -0.25) is 0 Å². The second-order valence-corrected chi connectivity index (χ2v) is 4.77. The van der Waals surface area contributed by atoms with Crippen LogP contribution in [0.4, 0.5) is 0 Å². The van der Waals surface area contributed by atoms with Gasteiger partial charge in [0, 0.05) is 10.9 Å². The maximum absolute atomic E-state index is 5.41. The van der Waals surface area contributed by atoms with E-state index in [1.807, 2.05) is 18.2 Å². The summed E-state index contributed by atoms with van der Waals surface area (Å²) >= 11 is 3.46. The first kappa shape index (κ1) is 12.2. The lowest BCUT2D eigenvalue weighted by atomic mass is 9.99. The van der Waals surface area contributed by atoms with E-state index in [0.717, 1.165) is 16.5 Å². The van der Waals surface area contributed by atoms with E-state index in [9.17, 15) is 0 Å². The number of nitrogens with zero attached hydrogens (tertiary/aromatic N) is 1. The number of halogens is 1. The Morgan fingerprint density at radius 1 is 0.947 bits per heavy atom. The molecule has 19 heavy (non-hydrogen) atoms. The third-order valence-corrected chi connectivity index (χ3v) is 3.66. The van der Waals surface area contributed by atoms with E-state index in [-0.39, 0.29) is 0 Å². The third-order valence-electron chi connectivity index (χ3n) is 3.01. The van der Waals surface area contributed by atoms with Crippen molar-refractivity contribution in [3.63, 3.8) is 0 Å². The minimum atomic E-state index is 0.653. The lowest BCUT2D eigenvalue weighted by Crippen LogP contribution is -1.85. The van der Waals surface area contributed by atoms with Gasteiger partial charge in [-0.15, -0.1) is 0 Å². The summed E-state index contributed by atoms with van der Waals surface area (Å²) < 4.78 is 5.41. The fraction of sp³-hybridized carbons (Fsp3) is 0.0625. The summed E-state index contributed by atoms with van der Waals surface area (Å²) in [5.74, 6) is 0.653. The van der Waals surface area contributed by atoms with Gasteiger partial charge in [0.1, 0.15) is 6.26 Å². The SMILES string of the molecule is BrCc1ccc(-c2ccccc2-c2ncco2)cc1. The Morgan fingerprint density at radius 3 is 2.32 bits per heavy atom. The summed E-state index contributed by atoms with van der Waals surface area (Å²) in [6.45, 7) is 0. The zero-order valence-corrected chi connectivity index (χ0v) is 11.8. The molecule has 1 aromatic heterocycles. The van der Waals surface area contributed by atoms with Gasteiger partial charge in [-0.1, -0.05) is 58.4 Å². The normalized spacial score (nSPS) is 10.6. The van der Waals surface area contributed by atoms with Crippen molar-refractivity contribution in [3.05, 3.63) is 66.6 Å². The zero-order valence-electron chi connectivity index (χ0n) is 10.2. The maximum Gasteiger partial charge on any atom is 0.226 e. The van der Waals surface area contributed by atoms with Crippen LogP contribution in [0.2, 0.25) is 0 Å². The molecule has 3 rings (SSSR count). The number of alkyl halides is 1. The fourth-order valence-corrected chi connectivity index (χ4v) is 2.43. The van der Waals surface area contributed by atoms with Crippen LogP contribution in [0.1, 0.15) is 5.56 Å². The average molecular weight is 314 g/mol. The highest BCUT2D eigenvalue weighted by Crippen LogP contribution is 2.31. The summed E-state index contributed by atoms with van der Waals surface area (Å²) in [4.78, 5) is 4.23. The number of hydrogen-bond donors (Lipinski definition) is 0. The molecular weight excluding hydrogens is 302 g/mol. The second-order valence-electron chi connectivity index (χ2n) is 4.21. The van der Waals surface area contributed by atoms with Crippen molar-refractivity contribution in [2.45, 2.75) is 5.33 Å². The Kier molecular flexibility index (Phi) is 3.47. The first-order valence-corrected chi connectivity index (χ1v) is 7.15. The van der Waals surface area contributed by atoms with Crippen LogP contribution in [0.25, 0.3) is 22.6 Å². The first-order chi connectivity index (χ1) is 9.38. The Morgan fingerprint density at radius 2 is 1.68 bits per heavy atom. The van der Waals surface area contributed by atoms with Crippen LogP contribution >= 0.6 is 15.9 Å². The van der Waals surface area contributed by atoms with E-state index in [1.165, 1.54) is 11.1 Å². The largest absolute Gasteiger partial charge is 0.445 e. The van der Waals surface area contributed by atoms with Crippen molar-refractivity contribution >= 4 is 15.9 Å². The molecule has 0 saturated heterocycles. The average Bonchev–Trinajstić information content (AvgIpc) is 3.01. The molecule has 0 aliphatic heterocycles. The summed E-state index contributed by atoms with van der Waals surface area (Å²) in [6, 6.07) is 16.6. The van der Waals surface area contributed by atoms with Crippen molar-refractivity contribution in [2.24, 2.45) is 0 Å². The van der Waals surface area contributed by atoms with Crippen molar-refractivity contribution in [2.75, 3.05) is 0 Å². The van der Waals surface area contributed by atoms with Crippen LogP contribution in [0.5, 0.6) is 0 Å². The molecule has 0 fully saturated rings. The van der Waals surface area contributed by atoms with Crippen LogP contribution < -0.4 is 0 Å². The highest BCUT2D eigenvalue weighted by molar-refractivity contribution is 9.08. The molecule has 2 aromatic carbocycles. The smallest absolute Gasteiger partial charge is 0.226 e. The molecule has 3 aromatic rings. The number of rotatable bonds is 3. The van der Waals surface area contributed by atoms with E-state index in [4.69, 9.17) is 4.42 Å². The molecule has 0 amide bonds. The molecule has 0 aliphatic rings. The number of oxazole rings is 1. The molecule has 0 N–H and O–H groups in total. The van der Waals surface area contributed by atoms with Crippen molar-refractivity contribution in [1.29, 1.82) is 0 Å². The van der Waals surface area contributed by atoms with Crippen LogP contribution in [0, 0.1) is 0 Å². The maximum atomic E-state index is 5.41. The van der Waals surface area contributed by atoms with E-state index in [1.54, 1.807) is 12.5 Å². The molecule has 94 valence electrons. The molecule has 0 unspecified atom stereocenters. The number of aromatic nitrogens is 1. The fourth-order valence-electron chi connectivity index (χ4n) is 2.05. The molecule has 0 atom stereocenters. The van der Waals surface area contributed by atoms with E-state index in [2.05, 4.69) is 51.2 Å². The minimum absolute atomic E-state index is 0.653. The molecule has 0 saturated carbocycles. The molecule has 0 bridgehead atoms. The molecule has 1 heterocycles. The molecule has 2 nitrogen and oxygen atoms in total. The Bertz CT molecular complexity index is 659. The number of benzene rings is 2. The third kappa shape index (κ3) is 2.47. The van der Waals surface area contributed by atoms with Crippen LogP contribution in [-0.2, 0) is 5.33 Å². The molecule has 0 radical (unpaired) electrons. The quantitative estimate of drug-likeness (QED) is 0.642. The van der Waals surface area contributed by atoms with Gasteiger partial charge >= 0.3 is 0 Å². The van der Waals surface area contributed by atoms with Gasteiger partial charge in [0.2, 0.25) is 5.89 Å². The van der Waals surface area contributed by atoms with Gasteiger partial charge in [0.05, 0.1) is 6.20 Å². The molecule has 0 aliphatic carbocycles. The predicted molar refractivity (Wildman–Crippen MR) is 80.0 cm³/mol. The van der Waals surface area contributed by atoms with Crippen LogP contribution in [0.15, 0.2) is 65.4 Å². The summed E-state index contributed by atoms with van der Waals surface area (Å²) in [7, 11) is 0. The number of hydrogen-bond acceptors (Lipinski definition) is 2. The molecule has 3 heteroatoms. The Hall–Kier alpha value is -1.87. The van der Waals surface area contributed by atoms with Gasteiger partial charge in [0.25, 0.3) is 0 Å². The highest BCUT2D eigenvalue weighted by Gasteiger charge is 2.09. The van der Waals surface area contributed by atoms with Gasteiger partial charge in [-0.05, 0) is 22.8 Å². The molecule has 0 spiro atoms. The van der Waals surface area contributed by atoms with Crippen LogP contribution in [0.3, 0.4) is 0 Å². The van der Waals surface area contributed by atoms with Crippen molar-refractivity contribution in [3.8, 4) is 22.6 Å². The monoisotopic (exact) mass is 313 g/mol. The second kappa shape index (κ2) is 5.41. The lowest BCUT2D eigenvalue weighted by molar-refractivity contribution is 0.575. The topological polar surface area (TPSA) is 26.0 Å². The Labute approximate surface area is 120 Å². The van der Waals surface area contributed by atoms with Crippen molar-refractivity contribution < 1.29 is 4.42 Å². The van der Waals surface area contributed by atoms with Gasteiger partial charge in [-0.2, -0.15) is 0 Å². The summed E-state index contributed by atoms with van der Waals surface area (Å²) in [6.07, 6.45) is 3.26. The highest BCUT2D eigenvalue weighted by atomic mass is 79.9. The predicted octanol–water partition coefficient (Wildman–Crippen LogP) is 4.90. The van der Waals surface area contributed by atoms with E-state index < -0.39 is 0 Å². The standard InChI is InChI=1S/C16H12BrNO/c17-11-12-5-7-13(8-6-12)14-3-1-2-4-15(14)16-18-9-10-19-16/h1-10H,11H2. The first-order valence-electron chi connectivity index (χ1n) is 6.02. The summed E-state index contributed by atoms with van der Waals surface area (Å²) in [5, 5.41) is 0.870. The van der Waals surface area contributed by atoms with E-state index in [0.29, 0.717) is 5.89 Å². The van der Waals surface area contributed by atoms with Crippen molar-refractivity contribution in [1.82, 2.24) is 4.98 Å². The molecular formula is C16H12BrNO.